The van der Waals surface area contributed by atoms with E-state index in [0.29, 0.717) is 18.5 Å². The Morgan fingerprint density at radius 1 is 0.733 bits per heavy atom. The van der Waals surface area contributed by atoms with E-state index in [1.54, 1.807) is 27.7 Å². The highest BCUT2D eigenvalue weighted by Gasteiger charge is 2.37. The Morgan fingerprint density at radius 2 is 1.00 bits per heavy atom. The lowest BCUT2D eigenvalue weighted by atomic mass is 10.5. The van der Waals surface area contributed by atoms with Crippen LogP contribution >= 0.6 is 0 Å². The smallest absolute Gasteiger partial charge is 0.335 e. The van der Waals surface area contributed by atoms with Crippen LogP contribution in [-0.4, -0.2) is 36.3 Å². The molecule has 0 heterocycles. The zero-order chi connectivity index (χ0) is 12.3. The van der Waals surface area contributed by atoms with Crippen molar-refractivity contribution < 1.29 is 19.2 Å². The average Bonchev–Trinajstić information content (AvgIpc) is 2.02. The fourth-order valence-corrected chi connectivity index (χ4v) is 4.09. The first-order chi connectivity index (χ1) is 6.59. The van der Waals surface area contributed by atoms with Gasteiger partial charge in [0.15, 0.2) is 0 Å². The summed E-state index contributed by atoms with van der Waals surface area (Å²) in [6.45, 7) is 7.16. The third kappa shape index (κ3) is 5.23. The van der Waals surface area contributed by atoms with Gasteiger partial charge in [-0.2, -0.15) is 0 Å². The lowest BCUT2D eigenvalue weighted by Gasteiger charge is -2.25. The van der Waals surface area contributed by atoms with Crippen molar-refractivity contribution in [1.82, 2.24) is 0 Å². The van der Waals surface area contributed by atoms with E-state index in [1.165, 1.54) is 0 Å². The van der Waals surface area contributed by atoms with E-state index in [4.69, 9.17) is 0 Å². The van der Waals surface area contributed by atoms with E-state index in [9.17, 15) is 19.2 Å². The Kier molecular flexibility index (Phi) is 5.66. The first-order valence-corrected chi connectivity index (χ1v) is 9.85. The van der Waals surface area contributed by atoms with Gasteiger partial charge >= 0.3 is 17.1 Å². The van der Waals surface area contributed by atoms with Gasteiger partial charge in [-0.15, -0.1) is 0 Å². The SMILES string of the molecule is CC(C)[Si](O)(O)CCC[Si](O)(O)C(C)C. The molecule has 0 saturated heterocycles. The lowest BCUT2D eigenvalue weighted by molar-refractivity contribution is 0.331. The maximum absolute atomic E-state index is 9.67. The highest BCUT2D eigenvalue weighted by atomic mass is 28.4. The van der Waals surface area contributed by atoms with Crippen LogP contribution in [0.15, 0.2) is 0 Å². The fourth-order valence-electron chi connectivity index (χ4n) is 1.19. The Labute approximate surface area is 94.1 Å². The average molecular weight is 252 g/mol. The van der Waals surface area contributed by atoms with Gasteiger partial charge in [0, 0.05) is 0 Å². The minimum atomic E-state index is -3.12. The molecule has 0 bridgehead atoms. The standard InChI is InChI=1S/C9H24O4Si2/c1-8(2)14(10,11)6-5-7-15(12,13)9(3)4/h8-13H,5-7H2,1-4H3. The second-order valence-corrected chi connectivity index (χ2v) is 11.7. The third-order valence-corrected chi connectivity index (χ3v) is 8.82. The van der Waals surface area contributed by atoms with E-state index in [2.05, 4.69) is 0 Å². The normalized spacial score (nSPS) is 14.0. The molecule has 0 aliphatic rings. The summed E-state index contributed by atoms with van der Waals surface area (Å²) >= 11 is 0. The van der Waals surface area contributed by atoms with Crippen LogP contribution in [0.25, 0.3) is 0 Å². The van der Waals surface area contributed by atoms with Crippen LogP contribution in [0.3, 0.4) is 0 Å². The van der Waals surface area contributed by atoms with Crippen LogP contribution in [-0.2, 0) is 0 Å². The molecule has 15 heavy (non-hydrogen) atoms. The largest absolute Gasteiger partial charge is 0.410 e. The molecule has 0 rings (SSSR count). The van der Waals surface area contributed by atoms with Crippen LogP contribution in [0.5, 0.6) is 0 Å². The Balaban J connectivity index is 4.00. The fraction of sp³-hybridized carbons (Fsp3) is 1.00. The van der Waals surface area contributed by atoms with Crippen LogP contribution in [0.4, 0.5) is 0 Å². The van der Waals surface area contributed by atoms with Crippen molar-refractivity contribution in [2.24, 2.45) is 0 Å². The van der Waals surface area contributed by atoms with Gasteiger partial charge in [-0.25, -0.2) is 0 Å². The minimum Gasteiger partial charge on any atom is -0.410 e. The maximum Gasteiger partial charge on any atom is 0.335 e. The molecule has 0 aromatic rings. The Hall–Kier alpha value is 0.274. The van der Waals surface area contributed by atoms with Gasteiger partial charge in [-0.3, -0.25) is 0 Å². The summed E-state index contributed by atoms with van der Waals surface area (Å²) in [5, 5.41) is 0. The molecule has 0 aromatic heterocycles. The Bertz CT molecular complexity index is 173. The third-order valence-electron chi connectivity index (χ3n) is 2.94. The monoisotopic (exact) mass is 252 g/mol. The summed E-state index contributed by atoms with van der Waals surface area (Å²) in [6.07, 6.45) is 0.495. The van der Waals surface area contributed by atoms with E-state index in [0.717, 1.165) is 0 Å². The second kappa shape index (κ2) is 5.56. The highest BCUT2D eigenvalue weighted by molar-refractivity contribution is 6.67. The summed E-state index contributed by atoms with van der Waals surface area (Å²) in [4.78, 5) is 38.7. The van der Waals surface area contributed by atoms with Crippen molar-refractivity contribution >= 4 is 17.1 Å². The molecule has 0 spiro atoms. The molecule has 0 atom stereocenters. The van der Waals surface area contributed by atoms with E-state index < -0.39 is 17.1 Å². The van der Waals surface area contributed by atoms with E-state index in [1.807, 2.05) is 0 Å². The predicted molar refractivity (Wildman–Crippen MR) is 64.8 cm³/mol. The molecule has 0 aliphatic carbocycles. The van der Waals surface area contributed by atoms with Crippen molar-refractivity contribution in [1.29, 1.82) is 0 Å². The predicted octanol–water partition coefficient (Wildman–Crippen LogP) is 1.05. The molecule has 0 aromatic carbocycles. The first-order valence-electron chi connectivity index (χ1n) is 5.49. The van der Waals surface area contributed by atoms with Crippen LogP contribution < -0.4 is 0 Å². The van der Waals surface area contributed by atoms with Gasteiger partial charge in [-0.05, 0) is 29.6 Å². The summed E-state index contributed by atoms with van der Waals surface area (Å²) in [6, 6.07) is 0.653. The molecule has 0 amide bonds. The lowest BCUT2D eigenvalue weighted by Crippen LogP contribution is -2.41. The minimum absolute atomic E-state index is 0.106. The second-order valence-electron chi connectivity index (χ2n) is 4.92. The summed E-state index contributed by atoms with van der Waals surface area (Å²) < 4.78 is 0. The molecule has 4 N–H and O–H groups in total. The van der Waals surface area contributed by atoms with Crippen LogP contribution in [0.2, 0.25) is 23.2 Å². The molecule has 0 saturated carbocycles. The zero-order valence-electron chi connectivity index (χ0n) is 10.1. The molecule has 0 fully saturated rings. The topological polar surface area (TPSA) is 80.9 Å². The van der Waals surface area contributed by atoms with Crippen molar-refractivity contribution in [3.63, 3.8) is 0 Å². The van der Waals surface area contributed by atoms with Gasteiger partial charge in [0.2, 0.25) is 0 Å². The molecule has 0 aliphatic heterocycles. The van der Waals surface area contributed by atoms with Gasteiger partial charge in [-0.1, -0.05) is 27.7 Å². The molecule has 0 radical (unpaired) electrons. The first kappa shape index (κ1) is 15.3. The maximum atomic E-state index is 9.67. The molecule has 6 heteroatoms. The molecular formula is C9H24O4Si2. The zero-order valence-corrected chi connectivity index (χ0v) is 12.1. The van der Waals surface area contributed by atoms with Crippen LogP contribution in [0, 0.1) is 0 Å². The van der Waals surface area contributed by atoms with Gasteiger partial charge in [0.25, 0.3) is 0 Å². The summed E-state index contributed by atoms with van der Waals surface area (Å²) in [7, 11) is -6.23. The highest BCUT2D eigenvalue weighted by Crippen LogP contribution is 2.26. The van der Waals surface area contributed by atoms with E-state index >= 15 is 0 Å². The Morgan fingerprint density at radius 3 is 1.20 bits per heavy atom. The van der Waals surface area contributed by atoms with Gasteiger partial charge in [0.1, 0.15) is 0 Å². The number of hydrogen-bond acceptors (Lipinski definition) is 4. The van der Waals surface area contributed by atoms with Gasteiger partial charge in [0.05, 0.1) is 0 Å². The number of hydrogen-bond donors (Lipinski definition) is 4. The summed E-state index contributed by atoms with van der Waals surface area (Å²) in [5.41, 5.74) is -0.213. The van der Waals surface area contributed by atoms with Crippen molar-refractivity contribution in [3.8, 4) is 0 Å². The van der Waals surface area contributed by atoms with Crippen molar-refractivity contribution in [3.05, 3.63) is 0 Å². The van der Waals surface area contributed by atoms with Gasteiger partial charge < -0.3 is 19.2 Å². The van der Waals surface area contributed by atoms with E-state index in [-0.39, 0.29) is 11.1 Å². The molecule has 0 unspecified atom stereocenters. The molecular weight excluding hydrogens is 228 g/mol. The molecule has 92 valence electrons. The quantitative estimate of drug-likeness (QED) is 0.533. The number of rotatable bonds is 6. The van der Waals surface area contributed by atoms with Crippen molar-refractivity contribution in [2.75, 3.05) is 0 Å². The van der Waals surface area contributed by atoms with Crippen LogP contribution in [0.1, 0.15) is 34.1 Å². The summed E-state index contributed by atoms with van der Waals surface area (Å²) in [5.74, 6) is 0. The molecule has 4 nitrogen and oxygen atoms in total. The van der Waals surface area contributed by atoms with Crippen molar-refractivity contribution in [2.45, 2.75) is 57.3 Å².